The van der Waals surface area contributed by atoms with Crippen LogP contribution in [0.3, 0.4) is 0 Å². The van der Waals surface area contributed by atoms with Gasteiger partial charge in [0, 0.05) is 36.2 Å². The molecule has 1 aliphatic heterocycles. The van der Waals surface area contributed by atoms with E-state index in [0.717, 1.165) is 11.0 Å². The lowest BCUT2D eigenvalue weighted by Gasteiger charge is -2.29. The second-order valence-electron chi connectivity index (χ2n) is 6.98. The fourth-order valence-corrected chi connectivity index (χ4v) is 4.60. The molecule has 0 radical (unpaired) electrons. The van der Waals surface area contributed by atoms with Gasteiger partial charge in [0.1, 0.15) is 5.69 Å². The quantitative estimate of drug-likeness (QED) is 0.431. The fraction of sp³-hybridized carbons (Fsp3) is 0.350. The zero-order chi connectivity index (χ0) is 22.3. The third-order valence-electron chi connectivity index (χ3n) is 4.73. The molecule has 3 rings (SSSR count). The first-order valence-corrected chi connectivity index (χ1v) is 12.2. The van der Waals surface area contributed by atoms with Gasteiger partial charge in [0.05, 0.1) is 23.8 Å². The highest BCUT2D eigenvalue weighted by molar-refractivity contribution is 7.99. The number of benzene rings is 2. The number of nitrogens with two attached hydrogens (primary N) is 1. The van der Waals surface area contributed by atoms with Crippen LogP contribution in [-0.2, 0) is 19.6 Å². The van der Waals surface area contributed by atoms with Gasteiger partial charge in [0.15, 0.2) is 0 Å². The number of carbonyl (C=O) groups is 1. The Hall–Kier alpha value is -2.47. The maximum atomic E-state index is 12.8. The monoisotopic (exact) mass is 464 g/mol. The van der Waals surface area contributed by atoms with Crippen molar-refractivity contribution in [3.63, 3.8) is 0 Å². The van der Waals surface area contributed by atoms with Crippen LogP contribution < -0.4 is 10.5 Å². The number of carbonyl (C=O) groups excluding carboxylic acids is 1. The molecule has 1 amide bonds. The van der Waals surface area contributed by atoms with E-state index in [-0.39, 0.29) is 29.0 Å². The molecular formula is C20H24N4O5S2. The van der Waals surface area contributed by atoms with Crippen LogP contribution in [0, 0.1) is 4.91 Å². The Labute approximate surface area is 185 Å². The highest BCUT2D eigenvalue weighted by Gasteiger charge is 2.23. The number of nitrogens with one attached hydrogen (secondary N) is 1. The number of primary sulfonamides is 1. The minimum Gasteiger partial charge on any atom is -0.379 e. The number of ether oxygens (including phenoxy) is 1. The molecular weight excluding hydrogens is 440 g/mol. The molecule has 31 heavy (non-hydrogen) atoms. The minimum absolute atomic E-state index is 0.0174. The Kier molecular flexibility index (Phi) is 8.02. The van der Waals surface area contributed by atoms with E-state index in [1.165, 1.54) is 12.1 Å². The van der Waals surface area contributed by atoms with E-state index in [1.54, 1.807) is 16.7 Å². The van der Waals surface area contributed by atoms with E-state index >= 15 is 0 Å². The highest BCUT2D eigenvalue weighted by Crippen LogP contribution is 2.30. The summed E-state index contributed by atoms with van der Waals surface area (Å²) in [6.07, 6.45) is 0.203. The minimum atomic E-state index is -3.96. The lowest BCUT2D eigenvalue weighted by Crippen LogP contribution is -2.43. The number of morpholine rings is 1. The Bertz CT molecular complexity index is 1010. The van der Waals surface area contributed by atoms with Gasteiger partial charge in [-0.2, -0.15) is 0 Å². The maximum absolute atomic E-state index is 12.8. The van der Waals surface area contributed by atoms with Crippen LogP contribution in [0.4, 0.5) is 11.4 Å². The molecule has 0 saturated carbocycles. The van der Waals surface area contributed by atoms with Gasteiger partial charge in [-0.05, 0) is 35.5 Å². The Balaban J connectivity index is 1.77. The number of amides is 1. The topological polar surface area (TPSA) is 131 Å². The molecule has 1 fully saturated rings. The molecule has 0 aromatic heterocycles. The second-order valence-corrected chi connectivity index (χ2v) is 9.63. The molecule has 1 heterocycles. The summed E-state index contributed by atoms with van der Waals surface area (Å²) < 4.78 is 28.4. The molecule has 0 spiro atoms. The van der Waals surface area contributed by atoms with Gasteiger partial charge in [-0.1, -0.05) is 18.2 Å². The standard InChI is InChI=1S/C20H24N4O5S2/c21-31(27,28)17-6-7-18(19(13-17)23-26)22-15(14-30-16-4-2-1-3-5-16)12-20(25)24-8-10-29-11-9-24/h1-7,13,15,22H,8-12,14H2,(H2,21,27,28)/t15-/m1/s1. The van der Waals surface area contributed by atoms with Crippen LogP contribution in [-0.4, -0.2) is 57.3 Å². The van der Waals surface area contributed by atoms with Crippen molar-refractivity contribution in [2.45, 2.75) is 22.3 Å². The van der Waals surface area contributed by atoms with Gasteiger partial charge in [-0.15, -0.1) is 16.7 Å². The highest BCUT2D eigenvalue weighted by atomic mass is 32.2. The lowest BCUT2D eigenvalue weighted by atomic mass is 10.1. The fourth-order valence-electron chi connectivity index (χ4n) is 3.12. The van der Waals surface area contributed by atoms with Crippen LogP contribution in [0.5, 0.6) is 0 Å². The van der Waals surface area contributed by atoms with E-state index < -0.39 is 10.0 Å². The molecule has 3 N–H and O–H groups in total. The second kappa shape index (κ2) is 10.7. The zero-order valence-electron chi connectivity index (χ0n) is 16.8. The number of sulfonamides is 1. The number of nitrogens with zero attached hydrogens (tertiary/aromatic N) is 2. The first kappa shape index (κ1) is 23.2. The smallest absolute Gasteiger partial charge is 0.238 e. The molecule has 1 atom stereocenters. The predicted molar refractivity (Wildman–Crippen MR) is 120 cm³/mol. The average Bonchev–Trinajstić information content (AvgIpc) is 2.78. The Morgan fingerprint density at radius 3 is 2.55 bits per heavy atom. The predicted octanol–water partition coefficient (Wildman–Crippen LogP) is 2.55. The van der Waals surface area contributed by atoms with Crippen molar-refractivity contribution in [1.82, 2.24) is 4.90 Å². The first-order chi connectivity index (χ1) is 14.9. The summed E-state index contributed by atoms with van der Waals surface area (Å²) in [5.74, 6) is 0.534. The molecule has 1 saturated heterocycles. The van der Waals surface area contributed by atoms with Crippen molar-refractivity contribution in [1.29, 1.82) is 0 Å². The molecule has 2 aromatic rings. The number of nitroso groups, excluding NO2 is 1. The van der Waals surface area contributed by atoms with Crippen molar-refractivity contribution in [2.24, 2.45) is 10.3 Å². The van der Waals surface area contributed by atoms with Crippen LogP contribution in [0.25, 0.3) is 0 Å². The van der Waals surface area contributed by atoms with Gasteiger partial charge >= 0.3 is 0 Å². The van der Waals surface area contributed by atoms with Crippen molar-refractivity contribution in [3.05, 3.63) is 53.4 Å². The average molecular weight is 465 g/mol. The van der Waals surface area contributed by atoms with E-state index in [9.17, 15) is 18.1 Å². The van der Waals surface area contributed by atoms with E-state index in [4.69, 9.17) is 9.88 Å². The molecule has 2 aromatic carbocycles. The van der Waals surface area contributed by atoms with Gasteiger partial charge in [-0.25, -0.2) is 13.6 Å². The van der Waals surface area contributed by atoms with Gasteiger partial charge in [0.2, 0.25) is 15.9 Å². The summed E-state index contributed by atoms with van der Waals surface area (Å²) >= 11 is 1.57. The molecule has 0 bridgehead atoms. The largest absolute Gasteiger partial charge is 0.379 e. The van der Waals surface area contributed by atoms with Crippen molar-refractivity contribution >= 4 is 39.1 Å². The molecule has 0 unspecified atom stereocenters. The van der Waals surface area contributed by atoms with Crippen LogP contribution >= 0.6 is 11.8 Å². The number of rotatable bonds is 9. The lowest BCUT2D eigenvalue weighted by molar-refractivity contribution is -0.135. The number of anilines is 1. The van der Waals surface area contributed by atoms with Gasteiger partial charge in [-0.3, -0.25) is 4.79 Å². The van der Waals surface area contributed by atoms with Crippen LogP contribution in [0.2, 0.25) is 0 Å². The summed E-state index contributed by atoms with van der Waals surface area (Å²) in [4.78, 5) is 26.7. The number of thioether (sulfide) groups is 1. The Morgan fingerprint density at radius 2 is 1.90 bits per heavy atom. The first-order valence-electron chi connectivity index (χ1n) is 9.67. The third-order valence-corrected chi connectivity index (χ3v) is 6.82. The van der Waals surface area contributed by atoms with Crippen molar-refractivity contribution in [3.8, 4) is 0 Å². The van der Waals surface area contributed by atoms with E-state index in [0.29, 0.717) is 37.7 Å². The van der Waals surface area contributed by atoms with E-state index in [2.05, 4.69) is 10.5 Å². The molecule has 11 heteroatoms. The summed E-state index contributed by atoms with van der Waals surface area (Å²) in [6.45, 7) is 2.11. The number of hydrogen-bond donors (Lipinski definition) is 2. The Morgan fingerprint density at radius 1 is 1.19 bits per heavy atom. The zero-order valence-corrected chi connectivity index (χ0v) is 18.4. The summed E-state index contributed by atoms with van der Waals surface area (Å²) in [5, 5.41) is 11.3. The van der Waals surface area contributed by atoms with Crippen molar-refractivity contribution < 1.29 is 17.9 Å². The van der Waals surface area contributed by atoms with Gasteiger partial charge < -0.3 is 15.0 Å². The van der Waals surface area contributed by atoms with Crippen molar-refractivity contribution in [2.75, 3.05) is 37.4 Å². The molecule has 1 aliphatic rings. The summed E-state index contributed by atoms with van der Waals surface area (Å²) in [6, 6.07) is 13.3. The molecule has 0 aliphatic carbocycles. The maximum Gasteiger partial charge on any atom is 0.238 e. The third kappa shape index (κ3) is 6.76. The summed E-state index contributed by atoms with van der Waals surface area (Å²) in [5.41, 5.74) is 0.260. The van der Waals surface area contributed by atoms with Crippen LogP contribution in [0.15, 0.2) is 63.5 Å². The molecule has 166 valence electrons. The van der Waals surface area contributed by atoms with Crippen LogP contribution in [0.1, 0.15) is 6.42 Å². The summed E-state index contributed by atoms with van der Waals surface area (Å²) in [7, 11) is -3.96. The van der Waals surface area contributed by atoms with Gasteiger partial charge in [0.25, 0.3) is 0 Å². The normalized spacial score (nSPS) is 15.3. The molecule has 9 nitrogen and oxygen atoms in total. The number of hydrogen-bond acceptors (Lipinski definition) is 8. The SMILES string of the molecule is NS(=O)(=O)c1ccc(N[C@@H](CSc2ccccc2)CC(=O)N2CCOCC2)c(N=O)c1. The van der Waals surface area contributed by atoms with E-state index in [1.807, 2.05) is 30.3 Å².